The van der Waals surface area contributed by atoms with E-state index in [2.05, 4.69) is 4.98 Å². The van der Waals surface area contributed by atoms with Gasteiger partial charge in [0.15, 0.2) is 6.29 Å². The number of aromatic nitrogens is 1. The first-order chi connectivity index (χ1) is 10.6. The summed E-state index contributed by atoms with van der Waals surface area (Å²) in [6.45, 7) is 1.82. The summed E-state index contributed by atoms with van der Waals surface area (Å²) in [6, 6.07) is 13.3. The standard InChI is InChI=1S/C18H15FN2O/c1-11(20)18-17(12-5-3-2-4-6-12)15(10-22)14-9-13(19)7-8-16(14)21-18/h2-11H,20H2,1H3. The molecular formula is C18H15FN2O. The van der Waals surface area contributed by atoms with Crippen molar-refractivity contribution in [2.24, 2.45) is 5.73 Å². The zero-order valence-corrected chi connectivity index (χ0v) is 12.1. The molecule has 1 heterocycles. The number of benzene rings is 2. The van der Waals surface area contributed by atoms with Crippen molar-refractivity contribution in [3.63, 3.8) is 0 Å². The number of rotatable bonds is 3. The number of pyridine rings is 1. The van der Waals surface area contributed by atoms with Crippen LogP contribution in [0.1, 0.15) is 29.0 Å². The molecule has 0 aliphatic rings. The van der Waals surface area contributed by atoms with Gasteiger partial charge in [-0.15, -0.1) is 0 Å². The summed E-state index contributed by atoms with van der Waals surface area (Å²) in [6.07, 6.45) is 0.748. The Kier molecular flexibility index (Phi) is 3.69. The molecule has 4 heteroatoms. The Balaban J connectivity index is 2.46. The van der Waals surface area contributed by atoms with Gasteiger partial charge in [-0.05, 0) is 30.7 Å². The molecular weight excluding hydrogens is 279 g/mol. The van der Waals surface area contributed by atoms with Crippen molar-refractivity contribution in [2.45, 2.75) is 13.0 Å². The van der Waals surface area contributed by atoms with E-state index in [0.717, 1.165) is 11.8 Å². The van der Waals surface area contributed by atoms with E-state index in [1.807, 2.05) is 37.3 Å². The number of nitrogens with zero attached hydrogens (tertiary/aromatic N) is 1. The molecule has 0 amide bonds. The number of fused-ring (bicyclic) bond motifs is 1. The summed E-state index contributed by atoms with van der Waals surface area (Å²) < 4.78 is 13.6. The summed E-state index contributed by atoms with van der Waals surface area (Å²) in [5.74, 6) is -0.398. The van der Waals surface area contributed by atoms with Gasteiger partial charge in [0.2, 0.25) is 0 Å². The molecule has 2 N–H and O–H groups in total. The van der Waals surface area contributed by atoms with Crippen LogP contribution in [0, 0.1) is 5.82 Å². The van der Waals surface area contributed by atoms with Crippen LogP contribution in [-0.4, -0.2) is 11.3 Å². The third-order valence-electron chi connectivity index (χ3n) is 3.63. The van der Waals surface area contributed by atoms with Crippen LogP contribution in [0.15, 0.2) is 48.5 Å². The topological polar surface area (TPSA) is 56.0 Å². The van der Waals surface area contributed by atoms with E-state index >= 15 is 0 Å². The van der Waals surface area contributed by atoms with Crippen molar-refractivity contribution in [1.29, 1.82) is 0 Å². The fraction of sp³-hybridized carbons (Fsp3) is 0.111. The van der Waals surface area contributed by atoms with Crippen LogP contribution in [0.4, 0.5) is 4.39 Å². The van der Waals surface area contributed by atoms with Crippen LogP contribution in [0.3, 0.4) is 0 Å². The van der Waals surface area contributed by atoms with Crippen LogP contribution in [0.5, 0.6) is 0 Å². The minimum Gasteiger partial charge on any atom is -0.323 e. The Bertz CT molecular complexity index is 845. The number of aldehydes is 1. The second-order valence-corrected chi connectivity index (χ2v) is 5.22. The maximum absolute atomic E-state index is 13.6. The van der Waals surface area contributed by atoms with Crippen molar-refractivity contribution < 1.29 is 9.18 Å². The van der Waals surface area contributed by atoms with Gasteiger partial charge < -0.3 is 5.73 Å². The van der Waals surface area contributed by atoms with Gasteiger partial charge in [-0.1, -0.05) is 30.3 Å². The zero-order valence-electron chi connectivity index (χ0n) is 12.1. The third kappa shape index (κ3) is 2.38. The van der Waals surface area contributed by atoms with Crippen molar-refractivity contribution in [3.8, 4) is 11.1 Å². The normalized spacial score (nSPS) is 12.3. The molecule has 0 radical (unpaired) electrons. The molecule has 22 heavy (non-hydrogen) atoms. The van der Waals surface area contributed by atoms with Crippen molar-refractivity contribution >= 4 is 17.2 Å². The minimum atomic E-state index is -0.398. The summed E-state index contributed by atoms with van der Waals surface area (Å²) in [7, 11) is 0. The highest BCUT2D eigenvalue weighted by atomic mass is 19.1. The number of hydrogen-bond acceptors (Lipinski definition) is 3. The van der Waals surface area contributed by atoms with Gasteiger partial charge in [0.1, 0.15) is 5.82 Å². The van der Waals surface area contributed by atoms with E-state index in [1.165, 1.54) is 12.1 Å². The third-order valence-corrected chi connectivity index (χ3v) is 3.63. The van der Waals surface area contributed by atoms with Gasteiger partial charge >= 0.3 is 0 Å². The van der Waals surface area contributed by atoms with E-state index in [9.17, 15) is 9.18 Å². The molecule has 2 aromatic carbocycles. The Hall–Kier alpha value is -2.59. The van der Waals surface area contributed by atoms with E-state index in [0.29, 0.717) is 27.7 Å². The smallest absolute Gasteiger partial charge is 0.151 e. The summed E-state index contributed by atoms with van der Waals surface area (Å²) in [5.41, 5.74) is 9.17. The average molecular weight is 294 g/mol. The fourth-order valence-electron chi connectivity index (χ4n) is 2.64. The molecule has 0 saturated carbocycles. The van der Waals surface area contributed by atoms with Gasteiger partial charge in [-0.2, -0.15) is 0 Å². The molecule has 0 saturated heterocycles. The zero-order chi connectivity index (χ0) is 15.7. The lowest BCUT2D eigenvalue weighted by Crippen LogP contribution is -2.11. The number of hydrogen-bond donors (Lipinski definition) is 1. The van der Waals surface area contributed by atoms with Gasteiger partial charge in [-0.3, -0.25) is 9.78 Å². The quantitative estimate of drug-likeness (QED) is 0.746. The van der Waals surface area contributed by atoms with Crippen molar-refractivity contribution in [2.75, 3.05) is 0 Å². The van der Waals surface area contributed by atoms with Crippen LogP contribution in [0.2, 0.25) is 0 Å². The van der Waals surface area contributed by atoms with Crippen LogP contribution in [-0.2, 0) is 0 Å². The average Bonchev–Trinajstić information content (AvgIpc) is 2.53. The van der Waals surface area contributed by atoms with E-state index < -0.39 is 5.82 Å². The number of carbonyl (C=O) groups is 1. The van der Waals surface area contributed by atoms with Gasteiger partial charge in [-0.25, -0.2) is 4.39 Å². The van der Waals surface area contributed by atoms with Gasteiger partial charge in [0, 0.05) is 22.6 Å². The molecule has 110 valence electrons. The first kappa shape index (κ1) is 14.4. The van der Waals surface area contributed by atoms with Gasteiger partial charge in [0.05, 0.1) is 11.2 Å². The SMILES string of the molecule is CC(N)c1nc2ccc(F)cc2c(C=O)c1-c1ccccc1. The van der Waals surface area contributed by atoms with E-state index in [-0.39, 0.29) is 6.04 Å². The van der Waals surface area contributed by atoms with Crippen LogP contribution >= 0.6 is 0 Å². The van der Waals surface area contributed by atoms with E-state index in [1.54, 1.807) is 6.07 Å². The number of carbonyl (C=O) groups excluding carboxylic acids is 1. The first-order valence-corrected chi connectivity index (χ1v) is 7.01. The Labute approximate surface area is 127 Å². The molecule has 3 rings (SSSR count). The summed E-state index contributed by atoms with van der Waals surface area (Å²) in [4.78, 5) is 16.3. The molecule has 0 bridgehead atoms. The molecule has 0 aliphatic carbocycles. The monoisotopic (exact) mass is 294 g/mol. The molecule has 0 spiro atoms. The van der Waals surface area contributed by atoms with Gasteiger partial charge in [0.25, 0.3) is 0 Å². The van der Waals surface area contributed by atoms with E-state index in [4.69, 9.17) is 5.73 Å². The molecule has 1 aromatic heterocycles. The molecule has 0 fully saturated rings. The lowest BCUT2D eigenvalue weighted by molar-refractivity contribution is 0.112. The molecule has 1 atom stereocenters. The maximum Gasteiger partial charge on any atom is 0.151 e. The van der Waals surface area contributed by atoms with Crippen LogP contribution < -0.4 is 5.73 Å². The first-order valence-electron chi connectivity index (χ1n) is 7.01. The molecule has 0 aliphatic heterocycles. The minimum absolute atomic E-state index is 0.344. The largest absolute Gasteiger partial charge is 0.323 e. The van der Waals surface area contributed by atoms with Crippen LogP contribution in [0.25, 0.3) is 22.0 Å². The number of nitrogens with two attached hydrogens (primary N) is 1. The molecule has 3 aromatic rings. The van der Waals surface area contributed by atoms with Crippen molar-refractivity contribution in [1.82, 2.24) is 4.98 Å². The molecule has 1 unspecified atom stereocenters. The maximum atomic E-state index is 13.6. The Morgan fingerprint density at radius 3 is 2.55 bits per heavy atom. The second-order valence-electron chi connectivity index (χ2n) is 5.22. The molecule has 3 nitrogen and oxygen atoms in total. The summed E-state index contributed by atoms with van der Waals surface area (Å²) in [5, 5.41) is 0.498. The highest BCUT2D eigenvalue weighted by Gasteiger charge is 2.18. The second kappa shape index (κ2) is 5.66. The van der Waals surface area contributed by atoms with Crippen molar-refractivity contribution in [3.05, 3.63) is 65.6 Å². The predicted molar refractivity (Wildman–Crippen MR) is 85.1 cm³/mol. The lowest BCUT2D eigenvalue weighted by atomic mass is 9.93. The predicted octanol–water partition coefficient (Wildman–Crippen LogP) is 3.87. The lowest BCUT2D eigenvalue weighted by Gasteiger charge is -2.16. The highest BCUT2D eigenvalue weighted by Crippen LogP contribution is 2.33. The fourth-order valence-corrected chi connectivity index (χ4v) is 2.64. The summed E-state index contributed by atoms with van der Waals surface area (Å²) >= 11 is 0. The Morgan fingerprint density at radius 1 is 1.18 bits per heavy atom. The highest BCUT2D eigenvalue weighted by molar-refractivity contribution is 6.04. The number of halogens is 1. The Morgan fingerprint density at radius 2 is 1.91 bits per heavy atom.